The molecule has 2 rings (SSSR count). The van der Waals surface area contributed by atoms with E-state index in [1.807, 2.05) is 0 Å². The standard InChI is InChI=1S/C15H14N2O4/c1-8-6-7-11(13(18)16-8)14(19)17-12-5-3-4-10(9(12)2)15(20)21/h3-7H,1-2H3,(H,16,18)(H,17,19)(H,20,21). The zero-order valence-electron chi connectivity index (χ0n) is 11.6. The fraction of sp³-hybridized carbons (Fsp3) is 0.133. The van der Waals surface area contributed by atoms with Crippen LogP contribution in [0.3, 0.4) is 0 Å². The summed E-state index contributed by atoms with van der Waals surface area (Å²) in [6.45, 7) is 3.31. The van der Waals surface area contributed by atoms with Gasteiger partial charge in [-0.2, -0.15) is 0 Å². The van der Waals surface area contributed by atoms with E-state index in [0.717, 1.165) is 0 Å². The molecule has 0 spiro atoms. The van der Waals surface area contributed by atoms with Crippen molar-refractivity contribution in [1.29, 1.82) is 0 Å². The van der Waals surface area contributed by atoms with E-state index in [1.54, 1.807) is 26.0 Å². The SMILES string of the molecule is Cc1ccc(C(=O)Nc2cccc(C(=O)O)c2C)c(=O)[nH]1. The summed E-state index contributed by atoms with van der Waals surface area (Å²) in [6.07, 6.45) is 0. The number of benzene rings is 1. The average Bonchev–Trinajstić information content (AvgIpc) is 2.40. The number of carbonyl (C=O) groups excluding carboxylic acids is 1. The largest absolute Gasteiger partial charge is 0.478 e. The number of hydrogen-bond acceptors (Lipinski definition) is 3. The lowest BCUT2D eigenvalue weighted by Crippen LogP contribution is -2.23. The highest BCUT2D eigenvalue weighted by atomic mass is 16.4. The highest BCUT2D eigenvalue weighted by Crippen LogP contribution is 2.19. The predicted molar refractivity (Wildman–Crippen MR) is 77.9 cm³/mol. The van der Waals surface area contributed by atoms with E-state index in [9.17, 15) is 14.4 Å². The highest BCUT2D eigenvalue weighted by molar-refractivity contribution is 6.05. The molecule has 1 aromatic heterocycles. The van der Waals surface area contributed by atoms with Gasteiger partial charge in [0.25, 0.3) is 11.5 Å². The Labute approximate surface area is 120 Å². The molecule has 0 saturated heterocycles. The van der Waals surface area contributed by atoms with Crippen molar-refractivity contribution in [3.63, 3.8) is 0 Å². The highest BCUT2D eigenvalue weighted by Gasteiger charge is 2.14. The molecule has 0 radical (unpaired) electrons. The summed E-state index contributed by atoms with van der Waals surface area (Å²) >= 11 is 0. The molecule has 0 aliphatic rings. The number of aryl methyl sites for hydroxylation is 1. The second-order valence-electron chi connectivity index (χ2n) is 4.62. The van der Waals surface area contributed by atoms with Crippen molar-refractivity contribution >= 4 is 17.6 Å². The third-order valence-corrected chi connectivity index (χ3v) is 3.11. The Morgan fingerprint density at radius 2 is 1.81 bits per heavy atom. The maximum Gasteiger partial charge on any atom is 0.336 e. The Balaban J connectivity index is 2.34. The van der Waals surface area contributed by atoms with Gasteiger partial charge in [-0.25, -0.2) is 4.79 Å². The van der Waals surface area contributed by atoms with Gasteiger partial charge in [0.2, 0.25) is 0 Å². The summed E-state index contributed by atoms with van der Waals surface area (Å²) in [7, 11) is 0. The normalized spacial score (nSPS) is 10.2. The van der Waals surface area contributed by atoms with Gasteiger partial charge in [-0.3, -0.25) is 9.59 Å². The van der Waals surface area contributed by atoms with Crippen LogP contribution in [0.1, 0.15) is 32.0 Å². The summed E-state index contributed by atoms with van der Waals surface area (Å²) < 4.78 is 0. The second-order valence-corrected chi connectivity index (χ2v) is 4.62. The number of nitrogens with one attached hydrogen (secondary N) is 2. The van der Waals surface area contributed by atoms with Gasteiger partial charge < -0.3 is 15.4 Å². The maximum atomic E-state index is 12.1. The Morgan fingerprint density at radius 3 is 2.43 bits per heavy atom. The van der Waals surface area contributed by atoms with Crippen LogP contribution in [0.15, 0.2) is 35.1 Å². The van der Waals surface area contributed by atoms with Gasteiger partial charge in [0.1, 0.15) is 5.56 Å². The molecule has 0 bridgehead atoms. The van der Waals surface area contributed by atoms with Crippen LogP contribution in [0.25, 0.3) is 0 Å². The predicted octanol–water partition coefficient (Wildman–Crippen LogP) is 1.94. The van der Waals surface area contributed by atoms with Crippen molar-refractivity contribution in [3.8, 4) is 0 Å². The number of carboxylic acid groups (broad SMARTS) is 1. The first-order chi connectivity index (χ1) is 9.90. The first kappa shape index (κ1) is 14.5. The van der Waals surface area contributed by atoms with Crippen molar-refractivity contribution in [3.05, 3.63) is 63.1 Å². The van der Waals surface area contributed by atoms with Gasteiger partial charge in [0.05, 0.1) is 5.56 Å². The van der Waals surface area contributed by atoms with E-state index in [-0.39, 0.29) is 11.1 Å². The van der Waals surface area contributed by atoms with Crippen molar-refractivity contribution in [2.45, 2.75) is 13.8 Å². The van der Waals surface area contributed by atoms with Crippen LogP contribution in [0.5, 0.6) is 0 Å². The smallest absolute Gasteiger partial charge is 0.336 e. The monoisotopic (exact) mass is 286 g/mol. The molecule has 6 heteroatoms. The topological polar surface area (TPSA) is 99.3 Å². The zero-order valence-corrected chi connectivity index (χ0v) is 11.6. The van der Waals surface area contributed by atoms with E-state index in [4.69, 9.17) is 5.11 Å². The van der Waals surface area contributed by atoms with Crippen LogP contribution >= 0.6 is 0 Å². The number of aromatic amines is 1. The quantitative estimate of drug-likeness (QED) is 0.802. The molecular weight excluding hydrogens is 272 g/mol. The van der Waals surface area contributed by atoms with Gasteiger partial charge in [-0.1, -0.05) is 6.07 Å². The fourth-order valence-electron chi connectivity index (χ4n) is 1.94. The molecule has 1 aromatic carbocycles. The van der Waals surface area contributed by atoms with Crippen LogP contribution < -0.4 is 10.9 Å². The zero-order chi connectivity index (χ0) is 15.6. The number of rotatable bonds is 3. The Bertz CT molecular complexity index is 777. The van der Waals surface area contributed by atoms with Crippen molar-refractivity contribution in [2.75, 3.05) is 5.32 Å². The minimum absolute atomic E-state index is 0.0271. The number of carbonyl (C=O) groups is 2. The Morgan fingerprint density at radius 1 is 1.10 bits per heavy atom. The number of carboxylic acids is 1. The lowest BCUT2D eigenvalue weighted by molar-refractivity contribution is 0.0695. The summed E-state index contributed by atoms with van der Waals surface area (Å²) in [4.78, 5) is 37.4. The van der Waals surface area contributed by atoms with E-state index in [0.29, 0.717) is 16.9 Å². The lowest BCUT2D eigenvalue weighted by Gasteiger charge is -2.10. The molecule has 0 aliphatic carbocycles. The summed E-state index contributed by atoms with van der Waals surface area (Å²) in [5, 5.41) is 11.6. The van der Waals surface area contributed by atoms with Crippen molar-refractivity contribution < 1.29 is 14.7 Å². The maximum absolute atomic E-state index is 12.1. The van der Waals surface area contributed by atoms with E-state index in [2.05, 4.69) is 10.3 Å². The molecule has 3 N–H and O–H groups in total. The molecule has 0 aliphatic heterocycles. The summed E-state index contributed by atoms with van der Waals surface area (Å²) in [6, 6.07) is 7.62. The van der Waals surface area contributed by atoms with Crippen LogP contribution in [-0.4, -0.2) is 22.0 Å². The second kappa shape index (κ2) is 5.62. The van der Waals surface area contributed by atoms with Crippen LogP contribution in [-0.2, 0) is 0 Å². The van der Waals surface area contributed by atoms with Gasteiger partial charge in [0.15, 0.2) is 0 Å². The van der Waals surface area contributed by atoms with Crippen LogP contribution in [0, 0.1) is 13.8 Å². The number of aromatic nitrogens is 1. The minimum Gasteiger partial charge on any atom is -0.478 e. The Hall–Kier alpha value is -2.89. The first-order valence-corrected chi connectivity index (χ1v) is 6.24. The Kier molecular flexibility index (Phi) is 3.89. The van der Waals surface area contributed by atoms with Gasteiger partial charge in [0, 0.05) is 11.4 Å². The van der Waals surface area contributed by atoms with E-state index in [1.165, 1.54) is 18.2 Å². The number of amides is 1. The fourth-order valence-corrected chi connectivity index (χ4v) is 1.94. The molecule has 6 nitrogen and oxygen atoms in total. The average molecular weight is 286 g/mol. The first-order valence-electron chi connectivity index (χ1n) is 6.24. The molecule has 2 aromatic rings. The molecular formula is C15H14N2O4. The number of aromatic carboxylic acids is 1. The third kappa shape index (κ3) is 3.00. The van der Waals surface area contributed by atoms with Gasteiger partial charge in [-0.15, -0.1) is 0 Å². The lowest BCUT2D eigenvalue weighted by atomic mass is 10.1. The molecule has 108 valence electrons. The molecule has 0 fully saturated rings. The molecule has 0 saturated carbocycles. The molecule has 21 heavy (non-hydrogen) atoms. The van der Waals surface area contributed by atoms with E-state index < -0.39 is 17.4 Å². The number of anilines is 1. The third-order valence-electron chi connectivity index (χ3n) is 3.11. The number of H-pyrrole nitrogens is 1. The van der Waals surface area contributed by atoms with Crippen molar-refractivity contribution in [2.24, 2.45) is 0 Å². The molecule has 0 atom stereocenters. The molecule has 1 heterocycles. The molecule has 1 amide bonds. The summed E-state index contributed by atoms with van der Waals surface area (Å²) in [5.41, 5.74) is 1.04. The number of hydrogen-bond donors (Lipinski definition) is 3. The van der Waals surface area contributed by atoms with E-state index >= 15 is 0 Å². The van der Waals surface area contributed by atoms with Gasteiger partial charge in [-0.05, 0) is 43.7 Å². The van der Waals surface area contributed by atoms with Gasteiger partial charge >= 0.3 is 5.97 Å². The van der Waals surface area contributed by atoms with Crippen LogP contribution in [0.2, 0.25) is 0 Å². The van der Waals surface area contributed by atoms with Crippen LogP contribution in [0.4, 0.5) is 5.69 Å². The molecule has 0 unspecified atom stereocenters. The summed E-state index contributed by atoms with van der Waals surface area (Å²) in [5.74, 6) is -1.65. The number of pyridine rings is 1. The van der Waals surface area contributed by atoms with Crippen molar-refractivity contribution in [1.82, 2.24) is 4.98 Å². The minimum atomic E-state index is -1.07.